The fourth-order valence-electron chi connectivity index (χ4n) is 2.38. The molecule has 0 atom stereocenters. The van der Waals surface area contributed by atoms with Gasteiger partial charge in [0.1, 0.15) is 12.1 Å². The Morgan fingerprint density at radius 2 is 2.06 bits per heavy atom. The summed E-state index contributed by atoms with van der Waals surface area (Å²) in [5.41, 5.74) is 0.708. The number of benzene rings is 1. The lowest BCUT2D eigenvalue weighted by atomic mass is 10.1. The van der Waals surface area contributed by atoms with Gasteiger partial charge in [-0.25, -0.2) is 4.98 Å². The molecule has 0 unspecified atom stereocenters. The standard InChI is InChI=1S/C14H15N3O/c18-10-11-1-2-13-12(9-11)3-4-16-14(13)17-7-5-15-6-8-17/h1-4,9-10,15H,5-8H2. The Kier molecular flexibility index (Phi) is 2.94. The first-order valence-electron chi connectivity index (χ1n) is 6.18. The lowest BCUT2D eigenvalue weighted by molar-refractivity contribution is 0.112. The highest BCUT2D eigenvalue weighted by Gasteiger charge is 2.14. The second-order valence-electron chi connectivity index (χ2n) is 4.47. The summed E-state index contributed by atoms with van der Waals surface area (Å²) >= 11 is 0. The van der Waals surface area contributed by atoms with Crippen LogP contribution in [0.3, 0.4) is 0 Å². The molecule has 0 amide bonds. The fourth-order valence-corrected chi connectivity index (χ4v) is 2.38. The summed E-state index contributed by atoms with van der Waals surface area (Å²) in [6.07, 6.45) is 2.69. The number of fused-ring (bicyclic) bond motifs is 1. The van der Waals surface area contributed by atoms with E-state index in [2.05, 4.69) is 15.2 Å². The third-order valence-electron chi connectivity index (χ3n) is 3.32. The Balaban J connectivity index is 2.08. The van der Waals surface area contributed by atoms with Crippen molar-refractivity contribution in [3.05, 3.63) is 36.0 Å². The van der Waals surface area contributed by atoms with E-state index in [9.17, 15) is 4.79 Å². The normalized spacial score (nSPS) is 15.9. The molecule has 1 aromatic heterocycles. The molecule has 2 aromatic rings. The Morgan fingerprint density at radius 3 is 2.83 bits per heavy atom. The molecule has 1 saturated heterocycles. The van der Waals surface area contributed by atoms with Gasteiger partial charge in [0, 0.05) is 43.3 Å². The molecule has 0 aliphatic carbocycles. The minimum Gasteiger partial charge on any atom is -0.354 e. The third-order valence-corrected chi connectivity index (χ3v) is 3.32. The van der Waals surface area contributed by atoms with Gasteiger partial charge in [-0.1, -0.05) is 6.07 Å². The smallest absolute Gasteiger partial charge is 0.150 e. The molecule has 4 nitrogen and oxygen atoms in total. The number of rotatable bonds is 2. The van der Waals surface area contributed by atoms with Crippen molar-refractivity contribution in [1.82, 2.24) is 10.3 Å². The van der Waals surface area contributed by atoms with Gasteiger partial charge in [0.2, 0.25) is 0 Å². The minimum atomic E-state index is 0.708. The zero-order valence-corrected chi connectivity index (χ0v) is 10.1. The number of nitrogens with zero attached hydrogens (tertiary/aromatic N) is 2. The van der Waals surface area contributed by atoms with Crippen molar-refractivity contribution in [2.75, 3.05) is 31.1 Å². The van der Waals surface area contributed by atoms with E-state index in [-0.39, 0.29) is 0 Å². The topological polar surface area (TPSA) is 45.2 Å². The molecule has 1 aromatic carbocycles. The Labute approximate surface area is 106 Å². The van der Waals surface area contributed by atoms with Crippen LogP contribution in [0.1, 0.15) is 10.4 Å². The van der Waals surface area contributed by atoms with Crippen LogP contribution in [0.5, 0.6) is 0 Å². The van der Waals surface area contributed by atoms with E-state index in [1.54, 1.807) is 0 Å². The van der Waals surface area contributed by atoms with Crippen LogP contribution in [0.4, 0.5) is 5.82 Å². The largest absolute Gasteiger partial charge is 0.354 e. The average molecular weight is 241 g/mol. The molecule has 1 aliphatic rings. The molecule has 92 valence electrons. The zero-order valence-electron chi connectivity index (χ0n) is 10.1. The van der Waals surface area contributed by atoms with Gasteiger partial charge in [0.25, 0.3) is 0 Å². The van der Waals surface area contributed by atoms with Crippen LogP contribution in [0.2, 0.25) is 0 Å². The summed E-state index contributed by atoms with van der Waals surface area (Å²) in [4.78, 5) is 17.6. The number of piperazine rings is 1. The molecule has 0 bridgehead atoms. The quantitative estimate of drug-likeness (QED) is 0.808. The summed E-state index contributed by atoms with van der Waals surface area (Å²) in [6.45, 7) is 3.93. The zero-order chi connectivity index (χ0) is 12.4. The van der Waals surface area contributed by atoms with Crippen LogP contribution in [-0.4, -0.2) is 37.4 Å². The number of nitrogens with one attached hydrogen (secondary N) is 1. The summed E-state index contributed by atoms with van der Waals surface area (Å²) in [5.74, 6) is 1.02. The third kappa shape index (κ3) is 1.95. The molecule has 1 fully saturated rings. The molecule has 3 rings (SSSR count). The minimum absolute atomic E-state index is 0.708. The number of aromatic nitrogens is 1. The van der Waals surface area contributed by atoms with E-state index >= 15 is 0 Å². The van der Waals surface area contributed by atoms with Crippen molar-refractivity contribution in [1.29, 1.82) is 0 Å². The predicted octanol–water partition coefficient (Wildman–Crippen LogP) is 1.46. The number of carbonyl (C=O) groups excluding carboxylic acids is 1. The maximum Gasteiger partial charge on any atom is 0.150 e. The number of hydrogen-bond acceptors (Lipinski definition) is 4. The second-order valence-corrected chi connectivity index (χ2v) is 4.47. The number of aldehydes is 1. The predicted molar refractivity (Wildman–Crippen MR) is 72.2 cm³/mol. The summed E-state index contributed by atoms with van der Waals surface area (Å²) in [5, 5.41) is 5.52. The summed E-state index contributed by atoms with van der Waals surface area (Å²) in [6, 6.07) is 7.70. The molecule has 4 heteroatoms. The highest BCUT2D eigenvalue weighted by Crippen LogP contribution is 2.25. The molecule has 0 spiro atoms. The van der Waals surface area contributed by atoms with E-state index < -0.39 is 0 Å². The Hall–Kier alpha value is -1.94. The lowest BCUT2D eigenvalue weighted by Crippen LogP contribution is -2.43. The van der Waals surface area contributed by atoms with E-state index in [0.29, 0.717) is 5.56 Å². The van der Waals surface area contributed by atoms with Crippen molar-refractivity contribution in [2.45, 2.75) is 0 Å². The van der Waals surface area contributed by atoms with Gasteiger partial charge in [-0.15, -0.1) is 0 Å². The first kappa shape index (κ1) is 11.2. The number of anilines is 1. The van der Waals surface area contributed by atoms with Crippen molar-refractivity contribution >= 4 is 22.9 Å². The fraction of sp³-hybridized carbons (Fsp3) is 0.286. The van der Waals surface area contributed by atoms with Crippen LogP contribution in [-0.2, 0) is 0 Å². The average Bonchev–Trinajstić information content (AvgIpc) is 2.47. The summed E-state index contributed by atoms with van der Waals surface area (Å²) in [7, 11) is 0. The van der Waals surface area contributed by atoms with Crippen LogP contribution in [0, 0.1) is 0 Å². The molecular formula is C14H15N3O. The molecule has 1 N–H and O–H groups in total. The van der Waals surface area contributed by atoms with Gasteiger partial charge < -0.3 is 10.2 Å². The Morgan fingerprint density at radius 1 is 1.22 bits per heavy atom. The van der Waals surface area contributed by atoms with E-state index in [0.717, 1.165) is 49.1 Å². The molecular weight excluding hydrogens is 226 g/mol. The lowest BCUT2D eigenvalue weighted by Gasteiger charge is -2.29. The van der Waals surface area contributed by atoms with Crippen molar-refractivity contribution in [2.24, 2.45) is 0 Å². The highest BCUT2D eigenvalue weighted by molar-refractivity contribution is 5.95. The van der Waals surface area contributed by atoms with Gasteiger partial charge in [-0.2, -0.15) is 0 Å². The van der Waals surface area contributed by atoms with Gasteiger partial charge in [0.15, 0.2) is 0 Å². The second kappa shape index (κ2) is 4.74. The van der Waals surface area contributed by atoms with Crippen molar-refractivity contribution in [3.8, 4) is 0 Å². The molecule has 2 heterocycles. The SMILES string of the molecule is O=Cc1ccc2c(N3CCNCC3)nccc2c1. The van der Waals surface area contributed by atoms with Crippen LogP contribution in [0.25, 0.3) is 10.8 Å². The van der Waals surface area contributed by atoms with E-state index in [1.165, 1.54) is 0 Å². The van der Waals surface area contributed by atoms with E-state index in [1.807, 2.05) is 30.5 Å². The number of pyridine rings is 1. The summed E-state index contributed by atoms with van der Waals surface area (Å²) < 4.78 is 0. The highest BCUT2D eigenvalue weighted by atomic mass is 16.1. The van der Waals surface area contributed by atoms with Gasteiger partial charge in [-0.05, 0) is 23.6 Å². The number of carbonyl (C=O) groups is 1. The Bertz CT molecular complexity index is 576. The van der Waals surface area contributed by atoms with Gasteiger partial charge in [-0.3, -0.25) is 4.79 Å². The van der Waals surface area contributed by atoms with Gasteiger partial charge in [0.05, 0.1) is 0 Å². The molecule has 0 saturated carbocycles. The van der Waals surface area contributed by atoms with Crippen molar-refractivity contribution < 1.29 is 4.79 Å². The van der Waals surface area contributed by atoms with Crippen LogP contribution in [0.15, 0.2) is 30.5 Å². The van der Waals surface area contributed by atoms with Crippen molar-refractivity contribution in [3.63, 3.8) is 0 Å². The maximum absolute atomic E-state index is 10.8. The monoisotopic (exact) mass is 241 g/mol. The van der Waals surface area contributed by atoms with Gasteiger partial charge >= 0.3 is 0 Å². The first-order valence-corrected chi connectivity index (χ1v) is 6.18. The van der Waals surface area contributed by atoms with Crippen LogP contribution >= 0.6 is 0 Å². The van der Waals surface area contributed by atoms with Crippen LogP contribution < -0.4 is 10.2 Å². The molecule has 1 aliphatic heterocycles. The molecule has 18 heavy (non-hydrogen) atoms. The number of hydrogen-bond donors (Lipinski definition) is 1. The maximum atomic E-state index is 10.8. The molecule has 0 radical (unpaired) electrons. The first-order chi connectivity index (χ1) is 8.88. The van der Waals surface area contributed by atoms with E-state index in [4.69, 9.17) is 0 Å².